The minimum Gasteiger partial charge on any atom is -0.330 e. The Morgan fingerprint density at radius 2 is 2.18 bits per heavy atom. The Morgan fingerprint density at radius 1 is 1.73 bits per heavy atom. The molecule has 0 bridgehead atoms. The average Bonchev–Trinajstić information content (AvgIpc) is 1.86. The summed E-state index contributed by atoms with van der Waals surface area (Å²) in [5.74, 6) is 0. The van der Waals surface area contributed by atoms with Gasteiger partial charge in [0.1, 0.15) is 5.50 Å². The molecule has 0 aromatic rings. The fraction of sp³-hybridized carbons (Fsp3) is 0.857. The second-order valence-corrected chi connectivity index (χ2v) is 4.37. The average molecular weight is 178 g/mol. The van der Waals surface area contributed by atoms with E-state index in [-0.39, 0.29) is 5.41 Å². The highest BCUT2D eigenvalue weighted by Gasteiger charge is 2.23. The standard InChI is InChI=1S/C7H15FN2S/c1-5(8)11-6(10)7(2,3)4-9/h5,10H,4,9H2,1-3H3. The molecule has 0 heterocycles. The van der Waals surface area contributed by atoms with Gasteiger partial charge in [0.05, 0.1) is 5.04 Å². The molecule has 11 heavy (non-hydrogen) atoms. The van der Waals surface area contributed by atoms with Gasteiger partial charge in [0.15, 0.2) is 0 Å². The van der Waals surface area contributed by atoms with E-state index >= 15 is 0 Å². The van der Waals surface area contributed by atoms with E-state index < -0.39 is 5.50 Å². The third-order valence-electron chi connectivity index (χ3n) is 1.41. The van der Waals surface area contributed by atoms with Gasteiger partial charge in [0.25, 0.3) is 0 Å². The first-order chi connectivity index (χ1) is 4.90. The van der Waals surface area contributed by atoms with E-state index in [1.807, 2.05) is 13.8 Å². The van der Waals surface area contributed by atoms with Gasteiger partial charge in [-0.05, 0) is 6.92 Å². The van der Waals surface area contributed by atoms with Crippen LogP contribution in [0.25, 0.3) is 0 Å². The molecule has 4 heteroatoms. The van der Waals surface area contributed by atoms with Gasteiger partial charge in [0.2, 0.25) is 0 Å². The first-order valence-corrected chi connectivity index (χ1v) is 4.38. The van der Waals surface area contributed by atoms with Crippen molar-refractivity contribution in [1.82, 2.24) is 0 Å². The zero-order valence-corrected chi connectivity index (χ0v) is 7.96. The molecule has 2 nitrogen and oxygen atoms in total. The maximum atomic E-state index is 12.4. The Morgan fingerprint density at radius 3 is 2.45 bits per heavy atom. The summed E-state index contributed by atoms with van der Waals surface area (Å²) in [6, 6.07) is 0. The Bertz CT molecular complexity index is 145. The molecule has 0 aliphatic heterocycles. The van der Waals surface area contributed by atoms with Gasteiger partial charge in [-0.1, -0.05) is 25.6 Å². The third-order valence-corrected chi connectivity index (χ3v) is 2.52. The smallest absolute Gasteiger partial charge is 0.148 e. The van der Waals surface area contributed by atoms with Crippen molar-refractivity contribution in [2.45, 2.75) is 26.3 Å². The maximum absolute atomic E-state index is 12.4. The molecule has 0 amide bonds. The van der Waals surface area contributed by atoms with Gasteiger partial charge < -0.3 is 5.73 Å². The van der Waals surface area contributed by atoms with E-state index in [0.717, 1.165) is 11.8 Å². The number of nitrogens with one attached hydrogen (secondary N) is 1. The van der Waals surface area contributed by atoms with E-state index in [2.05, 4.69) is 0 Å². The Balaban J connectivity index is 4.02. The maximum Gasteiger partial charge on any atom is 0.148 e. The quantitative estimate of drug-likeness (QED) is 0.513. The molecule has 0 spiro atoms. The van der Waals surface area contributed by atoms with Crippen LogP contribution in [0.4, 0.5) is 4.39 Å². The van der Waals surface area contributed by atoms with Crippen LogP contribution in [-0.4, -0.2) is 17.1 Å². The Kier molecular flexibility index (Phi) is 4.03. The van der Waals surface area contributed by atoms with Crippen molar-refractivity contribution >= 4 is 16.8 Å². The van der Waals surface area contributed by atoms with Crippen LogP contribution in [-0.2, 0) is 0 Å². The van der Waals surface area contributed by atoms with Crippen LogP contribution in [0, 0.1) is 10.8 Å². The van der Waals surface area contributed by atoms with Crippen LogP contribution < -0.4 is 5.73 Å². The summed E-state index contributed by atoms with van der Waals surface area (Å²) in [4.78, 5) is 0. The second-order valence-electron chi connectivity index (χ2n) is 3.08. The van der Waals surface area contributed by atoms with Crippen LogP contribution in [0.15, 0.2) is 0 Å². The summed E-state index contributed by atoms with van der Waals surface area (Å²) in [7, 11) is 0. The van der Waals surface area contributed by atoms with Crippen molar-refractivity contribution in [1.29, 1.82) is 5.41 Å². The van der Waals surface area contributed by atoms with E-state index in [1.54, 1.807) is 0 Å². The third kappa shape index (κ3) is 3.72. The largest absolute Gasteiger partial charge is 0.330 e. The molecular formula is C7H15FN2S. The first kappa shape index (κ1) is 10.9. The van der Waals surface area contributed by atoms with Gasteiger partial charge >= 0.3 is 0 Å². The van der Waals surface area contributed by atoms with Gasteiger partial charge in [-0.25, -0.2) is 4.39 Å². The van der Waals surface area contributed by atoms with Crippen molar-refractivity contribution in [3.05, 3.63) is 0 Å². The summed E-state index contributed by atoms with van der Waals surface area (Å²) in [6.07, 6.45) is 0. The van der Waals surface area contributed by atoms with Crippen LogP contribution in [0.5, 0.6) is 0 Å². The predicted molar refractivity (Wildman–Crippen MR) is 48.7 cm³/mol. The molecule has 1 atom stereocenters. The lowest BCUT2D eigenvalue weighted by Gasteiger charge is -2.22. The summed E-state index contributed by atoms with van der Waals surface area (Å²) in [5, 5.41) is 7.78. The summed E-state index contributed by atoms with van der Waals surface area (Å²) >= 11 is 0.923. The molecule has 3 N–H and O–H groups in total. The summed E-state index contributed by atoms with van der Waals surface area (Å²) in [5.41, 5.74) is 4.00. The predicted octanol–water partition coefficient (Wildman–Crippen LogP) is 2.00. The van der Waals surface area contributed by atoms with Gasteiger partial charge in [0, 0.05) is 12.0 Å². The Labute approximate surface area is 71.2 Å². The molecule has 0 rings (SSSR count). The van der Waals surface area contributed by atoms with Crippen LogP contribution >= 0.6 is 11.8 Å². The molecule has 0 radical (unpaired) electrons. The van der Waals surface area contributed by atoms with Crippen molar-refractivity contribution in [2.75, 3.05) is 6.54 Å². The zero-order valence-electron chi connectivity index (χ0n) is 7.15. The highest BCUT2D eigenvalue weighted by atomic mass is 32.2. The lowest BCUT2D eigenvalue weighted by molar-refractivity contribution is 0.483. The van der Waals surface area contributed by atoms with Crippen LogP contribution in [0.3, 0.4) is 0 Å². The van der Waals surface area contributed by atoms with E-state index in [0.29, 0.717) is 11.6 Å². The van der Waals surface area contributed by atoms with E-state index in [4.69, 9.17) is 11.1 Å². The molecule has 0 aromatic heterocycles. The lowest BCUT2D eigenvalue weighted by atomic mass is 9.96. The number of alkyl halides is 1. The molecule has 1 unspecified atom stereocenters. The zero-order chi connectivity index (χ0) is 9.07. The molecule has 0 aliphatic rings. The van der Waals surface area contributed by atoms with Gasteiger partial charge in [-0.2, -0.15) is 0 Å². The molecule has 0 saturated heterocycles. The number of hydrogen-bond acceptors (Lipinski definition) is 3. The number of nitrogens with two attached hydrogens (primary N) is 1. The monoisotopic (exact) mass is 178 g/mol. The molecule has 0 aromatic carbocycles. The normalized spacial score (nSPS) is 14.6. The van der Waals surface area contributed by atoms with E-state index in [9.17, 15) is 4.39 Å². The lowest BCUT2D eigenvalue weighted by Crippen LogP contribution is -2.30. The minimum atomic E-state index is -1.02. The minimum absolute atomic E-state index is 0.315. The number of hydrogen-bond donors (Lipinski definition) is 2. The molecule has 0 fully saturated rings. The van der Waals surface area contributed by atoms with Crippen molar-refractivity contribution in [3.8, 4) is 0 Å². The second kappa shape index (κ2) is 4.07. The first-order valence-electron chi connectivity index (χ1n) is 3.50. The summed E-state index contributed by atoms with van der Waals surface area (Å²) in [6.45, 7) is 5.48. The highest BCUT2D eigenvalue weighted by molar-refractivity contribution is 8.14. The number of halogens is 1. The fourth-order valence-corrected chi connectivity index (χ4v) is 1.14. The Hall–Kier alpha value is -0.0900. The van der Waals surface area contributed by atoms with Crippen molar-refractivity contribution < 1.29 is 4.39 Å². The van der Waals surface area contributed by atoms with Crippen LogP contribution in [0.2, 0.25) is 0 Å². The molecule has 0 saturated carbocycles. The van der Waals surface area contributed by atoms with Crippen molar-refractivity contribution in [2.24, 2.45) is 11.1 Å². The SMILES string of the molecule is CC(F)SC(=N)C(C)(C)CN. The van der Waals surface area contributed by atoms with Crippen LogP contribution in [0.1, 0.15) is 20.8 Å². The molecule has 66 valence electrons. The fourth-order valence-electron chi connectivity index (χ4n) is 0.415. The van der Waals surface area contributed by atoms with Gasteiger partial charge in [-0.15, -0.1) is 0 Å². The molecule has 0 aliphatic carbocycles. The highest BCUT2D eigenvalue weighted by Crippen LogP contribution is 2.26. The number of rotatable bonds is 3. The van der Waals surface area contributed by atoms with Gasteiger partial charge in [-0.3, -0.25) is 5.41 Å². The van der Waals surface area contributed by atoms with Crippen molar-refractivity contribution in [3.63, 3.8) is 0 Å². The topological polar surface area (TPSA) is 49.9 Å². The van der Waals surface area contributed by atoms with E-state index in [1.165, 1.54) is 6.92 Å². The number of thioether (sulfide) groups is 1. The summed E-state index contributed by atoms with van der Waals surface area (Å²) < 4.78 is 12.4. The molecular weight excluding hydrogens is 163 g/mol.